The predicted molar refractivity (Wildman–Crippen MR) is 93.9 cm³/mol. The van der Waals surface area contributed by atoms with Gasteiger partial charge in [0, 0.05) is 17.5 Å². The molecule has 24 heavy (non-hydrogen) atoms. The van der Waals surface area contributed by atoms with Crippen LogP contribution in [-0.4, -0.2) is 26.7 Å². The zero-order valence-electron chi connectivity index (χ0n) is 14.2. The van der Waals surface area contributed by atoms with Gasteiger partial charge in [0.1, 0.15) is 0 Å². The normalized spacial score (nSPS) is 15.2. The zero-order chi connectivity index (χ0) is 17.0. The van der Waals surface area contributed by atoms with E-state index in [4.69, 9.17) is 9.47 Å². The number of hydrogen-bond donors (Lipinski definition) is 1. The Bertz CT molecular complexity index is 708. The lowest BCUT2D eigenvalue weighted by Crippen LogP contribution is -2.45. The largest absolute Gasteiger partial charge is 0.493 e. The lowest BCUT2D eigenvalue weighted by Gasteiger charge is -2.42. The van der Waals surface area contributed by atoms with E-state index in [1.807, 2.05) is 6.07 Å². The van der Waals surface area contributed by atoms with E-state index in [0.29, 0.717) is 23.6 Å². The molecule has 126 valence electrons. The SMILES string of the molecule is COc1ccc(C(=O)NCC2(c3ccccc3)CCC2)cc1OC. The highest BCUT2D eigenvalue weighted by atomic mass is 16.5. The maximum atomic E-state index is 12.5. The van der Waals surface area contributed by atoms with Gasteiger partial charge in [0.15, 0.2) is 11.5 Å². The quantitative estimate of drug-likeness (QED) is 0.883. The molecule has 0 spiro atoms. The molecule has 0 aromatic heterocycles. The third kappa shape index (κ3) is 3.09. The molecule has 1 fully saturated rings. The van der Waals surface area contributed by atoms with Crippen LogP contribution in [0, 0.1) is 0 Å². The fourth-order valence-electron chi connectivity index (χ4n) is 3.29. The van der Waals surface area contributed by atoms with E-state index >= 15 is 0 Å². The maximum absolute atomic E-state index is 12.5. The molecule has 0 radical (unpaired) electrons. The first-order chi connectivity index (χ1) is 11.7. The van der Waals surface area contributed by atoms with Gasteiger partial charge in [-0.25, -0.2) is 0 Å². The first kappa shape index (κ1) is 16.4. The summed E-state index contributed by atoms with van der Waals surface area (Å²) in [5, 5.41) is 3.09. The Balaban J connectivity index is 1.71. The van der Waals surface area contributed by atoms with Crippen molar-refractivity contribution in [3.05, 3.63) is 59.7 Å². The number of benzene rings is 2. The molecule has 1 saturated carbocycles. The molecule has 0 unspecified atom stereocenters. The minimum atomic E-state index is -0.0850. The molecule has 0 heterocycles. The fraction of sp³-hybridized carbons (Fsp3) is 0.350. The molecule has 4 nitrogen and oxygen atoms in total. The van der Waals surface area contributed by atoms with Gasteiger partial charge >= 0.3 is 0 Å². The van der Waals surface area contributed by atoms with Crippen molar-refractivity contribution in [2.75, 3.05) is 20.8 Å². The smallest absolute Gasteiger partial charge is 0.251 e. The summed E-state index contributed by atoms with van der Waals surface area (Å²) in [6.45, 7) is 0.657. The highest BCUT2D eigenvalue weighted by Gasteiger charge is 2.38. The molecule has 1 aliphatic rings. The summed E-state index contributed by atoms with van der Waals surface area (Å²) in [6.07, 6.45) is 3.44. The number of carbonyl (C=O) groups excluding carboxylic acids is 1. The van der Waals surface area contributed by atoms with Gasteiger partial charge in [-0.15, -0.1) is 0 Å². The minimum Gasteiger partial charge on any atom is -0.493 e. The van der Waals surface area contributed by atoms with Crippen molar-refractivity contribution in [1.29, 1.82) is 0 Å². The Morgan fingerprint density at radius 1 is 1.04 bits per heavy atom. The maximum Gasteiger partial charge on any atom is 0.251 e. The van der Waals surface area contributed by atoms with Crippen LogP contribution >= 0.6 is 0 Å². The highest BCUT2D eigenvalue weighted by Crippen LogP contribution is 2.43. The lowest BCUT2D eigenvalue weighted by molar-refractivity contribution is 0.0927. The van der Waals surface area contributed by atoms with Crippen LogP contribution in [0.1, 0.15) is 35.2 Å². The number of amides is 1. The monoisotopic (exact) mass is 325 g/mol. The van der Waals surface area contributed by atoms with Gasteiger partial charge in [-0.1, -0.05) is 36.8 Å². The molecule has 0 atom stereocenters. The second-order valence-electron chi connectivity index (χ2n) is 6.25. The van der Waals surface area contributed by atoms with E-state index in [0.717, 1.165) is 12.8 Å². The first-order valence-corrected chi connectivity index (χ1v) is 8.24. The van der Waals surface area contributed by atoms with Gasteiger partial charge in [-0.2, -0.15) is 0 Å². The molecule has 1 aliphatic carbocycles. The topological polar surface area (TPSA) is 47.6 Å². The van der Waals surface area contributed by atoms with E-state index in [9.17, 15) is 4.79 Å². The third-order valence-electron chi connectivity index (χ3n) is 4.93. The summed E-state index contributed by atoms with van der Waals surface area (Å²) in [4.78, 5) is 12.5. The molecule has 4 heteroatoms. The number of carbonyl (C=O) groups is 1. The van der Waals surface area contributed by atoms with Crippen LogP contribution in [0.5, 0.6) is 11.5 Å². The standard InChI is InChI=1S/C20H23NO3/c1-23-17-10-9-15(13-18(17)24-2)19(22)21-14-20(11-6-12-20)16-7-4-3-5-8-16/h3-5,7-10,13H,6,11-12,14H2,1-2H3,(H,21,22). The van der Waals surface area contributed by atoms with Crippen LogP contribution in [0.3, 0.4) is 0 Å². The summed E-state index contributed by atoms with van der Waals surface area (Å²) >= 11 is 0. The van der Waals surface area contributed by atoms with Crippen molar-refractivity contribution >= 4 is 5.91 Å². The van der Waals surface area contributed by atoms with Gasteiger partial charge < -0.3 is 14.8 Å². The summed E-state index contributed by atoms with van der Waals surface area (Å²) in [6, 6.07) is 15.7. The molecule has 2 aromatic carbocycles. The predicted octanol–water partition coefficient (Wildman–Crippen LogP) is 3.56. The molecule has 1 N–H and O–H groups in total. The number of methoxy groups -OCH3 is 2. The Hall–Kier alpha value is -2.49. The summed E-state index contributed by atoms with van der Waals surface area (Å²) in [5.74, 6) is 1.10. The third-order valence-corrected chi connectivity index (χ3v) is 4.93. The molecule has 2 aromatic rings. The van der Waals surface area contributed by atoms with Crippen molar-refractivity contribution in [3.8, 4) is 11.5 Å². The molecule has 1 amide bonds. The molecule has 0 bridgehead atoms. The van der Waals surface area contributed by atoms with Crippen molar-refractivity contribution < 1.29 is 14.3 Å². The van der Waals surface area contributed by atoms with Crippen molar-refractivity contribution in [1.82, 2.24) is 5.32 Å². The van der Waals surface area contributed by atoms with Crippen LogP contribution in [0.4, 0.5) is 0 Å². The van der Waals surface area contributed by atoms with Crippen LogP contribution < -0.4 is 14.8 Å². The molecular weight excluding hydrogens is 302 g/mol. The minimum absolute atomic E-state index is 0.0769. The van der Waals surface area contributed by atoms with Crippen LogP contribution in [0.25, 0.3) is 0 Å². The highest BCUT2D eigenvalue weighted by molar-refractivity contribution is 5.95. The molecule has 3 rings (SSSR count). The second kappa shape index (κ2) is 6.95. The number of ether oxygens (including phenoxy) is 2. The Morgan fingerprint density at radius 3 is 2.33 bits per heavy atom. The van der Waals surface area contributed by atoms with Crippen molar-refractivity contribution in [2.45, 2.75) is 24.7 Å². The van der Waals surface area contributed by atoms with E-state index in [-0.39, 0.29) is 11.3 Å². The molecule has 0 aliphatic heterocycles. The van der Waals surface area contributed by atoms with Gasteiger partial charge in [-0.05, 0) is 36.6 Å². The fourth-order valence-corrected chi connectivity index (χ4v) is 3.29. The average molecular weight is 325 g/mol. The number of rotatable bonds is 6. The summed E-state index contributed by atoms with van der Waals surface area (Å²) in [7, 11) is 3.15. The number of nitrogens with one attached hydrogen (secondary N) is 1. The van der Waals surface area contributed by atoms with Crippen LogP contribution in [-0.2, 0) is 5.41 Å². The second-order valence-corrected chi connectivity index (χ2v) is 6.25. The van der Waals surface area contributed by atoms with E-state index in [2.05, 4.69) is 29.6 Å². The summed E-state index contributed by atoms with van der Waals surface area (Å²) in [5.41, 5.74) is 1.96. The van der Waals surface area contributed by atoms with Gasteiger partial charge in [0.25, 0.3) is 5.91 Å². The summed E-state index contributed by atoms with van der Waals surface area (Å²) < 4.78 is 10.5. The Kier molecular flexibility index (Phi) is 4.74. The molecule has 0 saturated heterocycles. The van der Waals surface area contributed by atoms with Crippen LogP contribution in [0.15, 0.2) is 48.5 Å². The van der Waals surface area contributed by atoms with Crippen molar-refractivity contribution in [3.63, 3.8) is 0 Å². The zero-order valence-corrected chi connectivity index (χ0v) is 14.2. The Morgan fingerprint density at radius 2 is 1.75 bits per heavy atom. The lowest BCUT2D eigenvalue weighted by atomic mass is 9.64. The Labute approximate surface area is 142 Å². The first-order valence-electron chi connectivity index (χ1n) is 8.24. The van der Waals surface area contributed by atoms with Gasteiger partial charge in [0.05, 0.1) is 14.2 Å². The van der Waals surface area contributed by atoms with Gasteiger partial charge in [-0.3, -0.25) is 4.79 Å². The van der Waals surface area contributed by atoms with Crippen LogP contribution in [0.2, 0.25) is 0 Å². The van der Waals surface area contributed by atoms with Gasteiger partial charge in [0.2, 0.25) is 0 Å². The van der Waals surface area contributed by atoms with E-state index in [1.54, 1.807) is 32.4 Å². The van der Waals surface area contributed by atoms with E-state index < -0.39 is 0 Å². The number of hydrogen-bond acceptors (Lipinski definition) is 3. The van der Waals surface area contributed by atoms with E-state index in [1.165, 1.54) is 12.0 Å². The molecular formula is C20H23NO3. The average Bonchev–Trinajstić information content (AvgIpc) is 2.61. The van der Waals surface area contributed by atoms with Crippen molar-refractivity contribution in [2.24, 2.45) is 0 Å².